The molecular weight excluding hydrogens is 142 g/mol. The van der Waals surface area contributed by atoms with Crippen LogP contribution in [-0.4, -0.2) is 16.6 Å². The van der Waals surface area contributed by atoms with Gasteiger partial charge in [-0.2, -0.15) is 0 Å². The van der Waals surface area contributed by atoms with E-state index >= 15 is 0 Å². The van der Waals surface area contributed by atoms with E-state index in [2.05, 4.69) is 4.99 Å². The van der Waals surface area contributed by atoms with E-state index in [1.807, 2.05) is 0 Å². The van der Waals surface area contributed by atoms with Crippen LogP contribution in [0.15, 0.2) is 17.1 Å². The fourth-order valence-corrected chi connectivity index (χ4v) is 0.680. The highest BCUT2D eigenvalue weighted by atomic mass is 35.5. The number of thiocarbonyl (C=S) groups is 1. The fraction of sp³-hybridized carbons (Fsp3) is 0.200. The Bertz CT molecular complexity index is 146. The van der Waals surface area contributed by atoms with E-state index in [-0.39, 0.29) is 5.38 Å². The van der Waals surface area contributed by atoms with Crippen molar-refractivity contribution >= 4 is 35.0 Å². The molecule has 42 valence electrons. The van der Waals surface area contributed by atoms with Crippen LogP contribution in [0.1, 0.15) is 0 Å². The molecule has 1 nitrogen and oxygen atoms in total. The SMILES string of the molecule is S=C1C=CC(Cl)C=N1. The Labute approximate surface area is 58.1 Å². The molecule has 0 saturated carbocycles. The minimum absolute atomic E-state index is 0.0679. The van der Waals surface area contributed by atoms with Crippen LogP contribution in [0.25, 0.3) is 0 Å². The Hall–Kier alpha value is -0.210. The lowest BCUT2D eigenvalue weighted by molar-refractivity contribution is 1.49. The molecule has 0 aromatic rings. The average molecular weight is 146 g/mol. The topological polar surface area (TPSA) is 12.4 Å². The summed E-state index contributed by atoms with van der Waals surface area (Å²) >= 11 is 10.3. The molecule has 0 aromatic carbocycles. The van der Waals surface area contributed by atoms with Gasteiger partial charge in [0.25, 0.3) is 0 Å². The summed E-state index contributed by atoms with van der Waals surface area (Å²) in [4.78, 5) is 4.40. The molecule has 1 unspecified atom stereocenters. The van der Waals surface area contributed by atoms with Gasteiger partial charge in [0, 0.05) is 6.21 Å². The fourth-order valence-electron chi connectivity index (χ4n) is 0.412. The van der Waals surface area contributed by atoms with Crippen LogP contribution < -0.4 is 0 Å². The van der Waals surface area contributed by atoms with Gasteiger partial charge in [0.05, 0.1) is 5.38 Å². The summed E-state index contributed by atoms with van der Waals surface area (Å²) in [5.74, 6) is 0. The van der Waals surface area contributed by atoms with Crippen molar-refractivity contribution in [2.24, 2.45) is 4.99 Å². The van der Waals surface area contributed by atoms with Crippen LogP contribution in [0.3, 0.4) is 0 Å². The van der Waals surface area contributed by atoms with Gasteiger partial charge in [0.2, 0.25) is 0 Å². The molecule has 0 fully saturated rings. The molecule has 1 atom stereocenters. The molecule has 0 radical (unpaired) electrons. The number of aliphatic imine (C=N–C) groups is 1. The van der Waals surface area contributed by atoms with Crippen molar-refractivity contribution < 1.29 is 0 Å². The van der Waals surface area contributed by atoms with Gasteiger partial charge < -0.3 is 0 Å². The first kappa shape index (κ1) is 5.92. The number of dihydropyridines is 1. The van der Waals surface area contributed by atoms with Crippen molar-refractivity contribution in [1.82, 2.24) is 0 Å². The molecule has 1 heterocycles. The van der Waals surface area contributed by atoms with Gasteiger partial charge in [-0.05, 0) is 6.08 Å². The van der Waals surface area contributed by atoms with E-state index in [9.17, 15) is 0 Å². The first-order valence-corrected chi connectivity index (χ1v) is 3.04. The smallest absolute Gasteiger partial charge is 0.125 e. The summed E-state index contributed by atoms with van der Waals surface area (Å²) in [6, 6.07) is 0. The number of nitrogens with zero attached hydrogens (tertiary/aromatic N) is 1. The first-order chi connectivity index (χ1) is 3.79. The standard InChI is InChI=1S/C5H4ClNS/c6-4-1-2-5(8)7-3-4/h1-4H. The van der Waals surface area contributed by atoms with Crippen LogP contribution in [0, 0.1) is 0 Å². The lowest BCUT2D eigenvalue weighted by Gasteiger charge is -1.98. The summed E-state index contributed by atoms with van der Waals surface area (Å²) < 4.78 is 0. The molecule has 0 amide bonds. The van der Waals surface area contributed by atoms with E-state index in [1.54, 1.807) is 18.4 Å². The molecule has 0 N–H and O–H groups in total. The van der Waals surface area contributed by atoms with Gasteiger partial charge in [-0.15, -0.1) is 11.6 Å². The quantitative estimate of drug-likeness (QED) is 0.372. The van der Waals surface area contributed by atoms with Crippen molar-refractivity contribution in [3.05, 3.63) is 12.2 Å². The van der Waals surface area contributed by atoms with Crippen LogP contribution in [0.2, 0.25) is 0 Å². The lowest BCUT2D eigenvalue weighted by atomic mass is 10.3. The molecule has 0 saturated heterocycles. The average Bonchev–Trinajstić information content (AvgIpc) is 1.77. The van der Waals surface area contributed by atoms with Crippen molar-refractivity contribution in [3.63, 3.8) is 0 Å². The van der Waals surface area contributed by atoms with E-state index < -0.39 is 0 Å². The van der Waals surface area contributed by atoms with Crippen LogP contribution in [-0.2, 0) is 0 Å². The molecule has 8 heavy (non-hydrogen) atoms. The minimum Gasteiger partial charge on any atom is -0.248 e. The van der Waals surface area contributed by atoms with Crippen LogP contribution in [0.4, 0.5) is 0 Å². The van der Waals surface area contributed by atoms with Crippen LogP contribution >= 0.6 is 23.8 Å². The third-order valence-corrected chi connectivity index (χ3v) is 1.27. The number of halogens is 1. The molecule has 0 aliphatic carbocycles. The Morgan fingerprint density at radius 2 is 2.50 bits per heavy atom. The van der Waals surface area contributed by atoms with Gasteiger partial charge in [0.15, 0.2) is 0 Å². The first-order valence-electron chi connectivity index (χ1n) is 2.19. The van der Waals surface area contributed by atoms with E-state index in [1.165, 1.54) is 0 Å². The summed E-state index contributed by atoms with van der Waals surface area (Å²) in [6.45, 7) is 0. The van der Waals surface area contributed by atoms with Gasteiger partial charge in [-0.25, -0.2) is 4.99 Å². The van der Waals surface area contributed by atoms with E-state index in [4.69, 9.17) is 23.8 Å². The van der Waals surface area contributed by atoms with E-state index in [0.717, 1.165) is 0 Å². The molecule has 0 spiro atoms. The largest absolute Gasteiger partial charge is 0.248 e. The summed E-state index contributed by atoms with van der Waals surface area (Å²) in [5.41, 5.74) is 0. The Morgan fingerprint density at radius 1 is 1.75 bits per heavy atom. The third kappa shape index (κ3) is 1.39. The predicted molar refractivity (Wildman–Crippen MR) is 39.9 cm³/mol. The highest BCUT2D eigenvalue weighted by Gasteiger charge is 1.98. The Balaban J connectivity index is 2.68. The molecule has 3 heteroatoms. The number of allylic oxidation sites excluding steroid dienone is 1. The number of hydrogen-bond acceptors (Lipinski definition) is 1. The molecular formula is C5H4ClNS. The summed E-state index contributed by atoms with van der Waals surface area (Å²) in [7, 11) is 0. The van der Waals surface area contributed by atoms with Gasteiger partial charge in [-0.1, -0.05) is 18.3 Å². The highest BCUT2D eigenvalue weighted by Crippen LogP contribution is 2.00. The molecule has 1 rings (SSSR count). The van der Waals surface area contributed by atoms with Crippen molar-refractivity contribution in [3.8, 4) is 0 Å². The third-order valence-electron chi connectivity index (χ3n) is 0.767. The zero-order chi connectivity index (χ0) is 5.98. The Kier molecular flexibility index (Phi) is 1.76. The van der Waals surface area contributed by atoms with Crippen molar-refractivity contribution in [2.75, 3.05) is 0 Å². The molecule has 0 aromatic heterocycles. The summed E-state index contributed by atoms with van der Waals surface area (Å²) in [6.07, 6.45) is 5.15. The number of rotatable bonds is 0. The zero-order valence-corrected chi connectivity index (χ0v) is 5.62. The summed E-state index contributed by atoms with van der Waals surface area (Å²) in [5, 5.41) is -0.0679. The lowest BCUT2D eigenvalue weighted by Crippen LogP contribution is -2.02. The van der Waals surface area contributed by atoms with Crippen LogP contribution in [0.5, 0.6) is 0 Å². The maximum Gasteiger partial charge on any atom is 0.125 e. The number of hydrogen-bond donors (Lipinski definition) is 0. The maximum absolute atomic E-state index is 5.59. The number of alkyl halides is 1. The molecule has 0 bridgehead atoms. The van der Waals surface area contributed by atoms with E-state index in [0.29, 0.717) is 4.99 Å². The van der Waals surface area contributed by atoms with Gasteiger partial charge in [0.1, 0.15) is 4.99 Å². The monoisotopic (exact) mass is 145 g/mol. The zero-order valence-electron chi connectivity index (χ0n) is 4.04. The second-order valence-electron chi connectivity index (χ2n) is 1.42. The van der Waals surface area contributed by atoms with Crippen molar-refractivity contribution in [2.45, 2.75) is 5.38 Å². The van der Waals surface area contributed by atoms with Gasteiger partial charge >= 0.3 is 0 Å². The highest BCUT2D eigenvalue weighted by molar-refractivity contribution is 7.80. The molecule has 1 aliphatic rings. The van der Waals surface area contributed by atoms with Gasteiger partial charge in [-0.3, -0.25) is 0 Å². The second-order valence-corrected chi connectivity index (χ2v) is 2.34. The normalized spacial score (nSPS) is 26.6. The predicted octanol–water partition coefficient (Wildman–Crippen LogP) is 1.56. The van der Waals surface area contributed by atoms with Crippen molar-refractivity contribution in [1.29, 1.82) is 0 Å². The second kappa shape index (κ2) is 2.37. The maximum atomic E-state index is 5.59. The Morgan fingerprint density at radius 3 is 2.88 bits per heavy atom. The molecule has 1 aliphatic heterocycles. The minimum atomic E-state index is -0.0679.